The van der Waals surface area contributed by atoms with Crippen LogP contribution in [-0.2, 0) is 4.79 Å². The predicted octanol–water partition coefficient (Wildman–Crippen LogP) is 3.13. The van der Waals surface area contributed by atoms with Crippen molar-refractivity contribution in [2.24, 2.45) is 0 Å². The Morgan fingerprint density at radius 1 is 1.13 bits per heavy atom. The lowest BCUT2D eigenvalue weighted by Gasteiger charge is -2.26. The molecule has 1 aromatic carbocycles. The van der Waals surface area contributed by atoms with E-state index in [1.165, 1.54) is 6.08 Å². The van der Waals surface area contributed by atoms with Crippen molar-refractivity contribution in [2.45, 2.75) is 0 Å². The highest BCUT2D eigenvalue weighted by atomic mass is 16.5. The van der Waals surface area contributed by atoms with Crippen molar-refractivity contribution >= 4 is 45.8 Å². The van der Waals surface area contributed by atoms with E-state index in [2.05, 4.69) is 52.4 Å². The molecule has 0 bridgehead atoms. The molecule has 0 aliphatic carbocycles. The smallest absolute Gasteiger partial charge is 0.247 e. The van der Waals surface area contributed by atoms with Gasteiger partial charge < -0.3 is 30.5 Å². The van der Waals surface area contributed by atoms with Gasteiger partial charge in [0.2, 0.25) is 11.9 Å². The van der Waals surface area contributed by atoms with Crippen LogP contribution in [0.25, 0.3) is 16.9 Å². The number of anilines is 5. The van der Waals surface area contributed by atoms with Gasteiger partial charge in [-0.05, 0) is 38.4 Å². The number of aromatic nitrogens is 5. The highest BCUT2D eigenvalue weighted by molar-refractivity contribution is 6.02. The van der Waals surface area contributed by atoms with Gasteiger partial charge in [-0.25, -0.2) is 9.67 Å². The Morgan fingerprint density at radius 3 is 2.66 bits per heavy atom. The number of nitrogens with one attached hydrogen (secondary N) is 3. The first-order valence-corrected chi connectivity index (χ1v) is 12.0. The van der Waals surface area contributed by atoms with E-state index in [0.717, 1.165) is 29.8 Å². The van der Waals surface area contributed by atoms with E-state index in [1.54, 1.807) is 43.4 Å². The van der Waals surface area contributed by atoms with Crippen molar-refractivity contribution in [1.82, 2.24) is 29.6 Å². The Balaban J connectivity index is 1.71. The molecule has 0 saturated heterocycles. The van der Waals surface area contributed by atoms with Gasteiger partial charge in [0.25, 0.3) is 0 Å². The predicted molar refractivity (Wildman–Crippen MR) is 151 cm³/mol. The molecule has 1 amide bonds. The van der Waals surface area contributed by atoms with Crippen LogP contribution in [0.3, 0.4) is 0 Å². The second kappa shape index (κ2) is 11.6. The molecule has 0 fully saturated rings. The van der Waals surface area contributed by atoms with Crippen molar-refractivity contribution < 1.29 is 9.53 Å². The summed E-state index contributed by atoms with van der Waals surface area (Å²) in [7, 11) is 9.37. The van der Waals surface area contributed by atoms with Crippen LogP contribution >= 0.6 is 0 Å². The molecule has 0 aliphatic rings. The van der Waals surface area contributed by atoms with Crippen LogP contribution in [0.2, 0.25) is 0 Å². The highest BCUT2D eigenvalue weighted by Crippen LogP contribution is 2.38. The topological polar surface area (TPSA) is 125 Å². The van der Waals surface area contributed by atoms with E-state index in [1.807, 2.05) is 39.3 Å². The molecule has 4 rings (SSSR count). The number of carbonyl (C=O) groups is 1. The van der Waals surface area contributed by atoms with Crippen LogP contribution in [0.15, 0.2) is 55.4 Å². The summed E-state index contributed by atoms with van der Waals surface area (Å²) < 4.78 is 7.39. The van der Waals surface area contributed by atoms with E-state index >= 15 is 0 Å². The number of amides is 1. The number of nitrogens with zero attached hydrogens (tertiary/aromatic N) is 7. The Bertz CT molecular complexity index is 1450. The number of rotatable bonds is 11. The van der Waals surface area contributed by atoms with E-state index < -0.39 is 0 Å². The minimum absolute atomic E-state index is 0.318. The Morgan fingerprint density at radius 2 is 1.95 bits per heavy atom. The molecule has 3 heterocycles. The largest absolute Gasteiger partial charge is 0.494 e. The Hall–Kier alpha value is -4.71. The van der Waals surface area contributed by atoms with E-state index in [9.17, 15) is 4.79 Å². The van der Waals surface area contributed by atoms with Gasteiger partial charge in [-0.15, -0.1) is 5.10 Å². The molecular formula is C26H32N10O2. The molecule has 0 spiro atoms. The molecule has 0 radical (unpaired) electrons. The van der Waals surface area contributed by atoms with Gasteiger partial charge in [0.05, 0.1) is 29.7 Å². The maximum absolute atomic E-state index is 12.2. The summed E-state index contributed by atoms with van der Waals surface area (Å²) in [5.41, 5.74) is 3.52. The van der Waals surface area contributed by atoms with E-state index in [-0.39, 0.29) is 5.91 Å². The van der Waals surface area contributed by atoms with E-state index in [0.29, 0.717) is 34.7 Å². The normalized spacial score (nSPS) is 10.9. The SMILES string of the molecule is C=CC(=O)Nc1cc(Nc2nccc(-n3nc(NC)c4ncccc43)n2)c(OC)cc1N(C)CCN(C)C. The summed E-state index contributed by atoms with van der Waals surface area (Å²) >= 11 is 0. The number of ether oxygens (including phenoxy) is 1. The first-order valence-electron chi connectivity index (χ1n) is 12.0. The standard InChI is InChI=1S/C26H32N10O2/c1-7-23(37)30-17-15-18(21(38-6)16-20(17)35(5)14-13-34(3)4)31-26-29-12-10-22(32-26)36-19-9-8-11-28-24(19)25(27-2)33-36/h7-12,15-16H,1,13-14H2,2-6H3,(H,27,33)(H,30,37)(H,29,31,32). The number of hydrogen-bond donors (Lipinski definition) is 3. The van der Waals surface area contributed by atoms with E-state index in [4.69, 9.17) is 4.74 Å². The number of hydrogen-bond acceptors (Lipinski definition) is 10. The number of benzene rings is 1. The van der Waals surface area contributed by atoms with Crippen LogP contribution in [0.5, 0.6) is 5.75 Å². The van der Waals surface area contributed by atoms with Gasteiger partial charge in [-0.3, -0.25) is 9.78 Å². The third-order valence-electron chi connectivity index (χ3n) is 5.84. The number of likely N-dealkylation sites (N-methyl/N-ethyl adjacent to an activating group) is 2. The summed E-state index contributed by atoms with van der Waals surface area (Å²) in [5, 5.41) is 13.8. The van der Waals surface area contributed by atoms with Crippen LogP contribution < -0.4 is 25.6 Å². The lowest BCUT2D eigenvalue weighted by molar-refractivity contribution is -0.111. The maximum Gasteiger partial charge on any atom is 0.247 e. The molecule has 0 atom stereocenters. The fourth-order valence-electron chi connectivity index (χ4n) is 3.85. The van der Waals surface area contributed by atoms with Gasteiger partial charge in [0.1, 0.15) is 11.3 Å². The zero-order chi connectivity index (χ0) is 27.2. The van der Waals surface area contributed by atoms with Crippen molar-refractivity contribution in [3.05, 3.63) is 55.4 Å². The van der Waals surface area contributed by atoms with Crippen molar-refractivity contribution in [1.29, 1.82) is 0 Å². The summed E-state index contributed by atoms with van der Waals surface area (Å²) in [6.45, 7) is 5.15. The first-order chi connectivity index (χ1) is 18.3. The Labute approximate surface area is 221 Å². The molecule has 3 aromatic heterocycles. The molecule has 38 heavy (non-hydrogen) atoms. The number of pyridine rings is 1. The van der Waals surface area contributed by atoms with Crippen LogP contribution in [0.4, 0.5) is 28.8 Å². The second-order valence-corrected chi connectivity index (χ2v) is 8.73. The average Bonchev–Trinajstić information content (AvgIpc) is 3.31. The quantitative estimate of drug-likeness (QED) is 0.256. The van der Waals surface area contributed by atoms with Gasteiger partial charge in [0.15, 0.2) is 11.6 Å². The summed E-state index contributed by atoms with van der Waals surface area (Å²) in [4.78, 5) is 29.9. The van der Waals surface area contributed by atoms with Crippen molar-refractivity contribution in [3.8, 4) is 11.6 Å². The lowest BCUT2D eigenvalue weighted by Crippen LogP contribution is -2.29. The van der Waals surface area contributed by atoms with Gasteiger partial charge in [-0.1, -0.05) is 6.58 Å². The second-order valence-electron chi connectivity index (χ2n) is 8.73. The fourth-order valence-corrected chi connectivity index (χ4v) is 3.85. The van der Waals surface area contributed by atoms with Crippen LogP contribution in [0, 0.1) is 0 Å². The number of fused-ring (bicyclic) bond motifs is 1. The number of carbonyl (C=O) groups excluding carboxylic acids is 1. The molecule has 3 N–H and O–H groups in total. The van der Waals surface area contributed by atoms with Gasteiger partial charge >= 0.3 is 0 Å². The van der Waals surface area contributed by atoms with Gasteiger partial charge in [0, 0.05) is 51.7 Å². The first kappa shape index (κ1) is 26.4. The minimum atomic E-state index is -0.318. The fraction of sp³-hybridized carbons (Fsp3) is 0.269. The molecule has 0 unspecified atom stereocenters. The van der Waals surface area contributed by atoms with Crippen LogP contribution in [-0.4, -0.2) is 83.9 Å². The molecule has 12 heteroatoms. The lowest BCUT2D eigenvalue weighted by atomic mass is 10.2. The monoisotopic (exact) mass is 516 g/mol. The third kappa shape index (κ3) is 5.65. The van der Waals surface area contributed by atoms with Crippen molar-refractivity contribution in [2.75, 3.05) is 69.2 Å². The molecule has 0 aliphatic heterocycles. The number of methoxy groups -OCH3 is 1. The molecule has 0 saturated carbocycles. The zero-order valence-corrected chi connectivity index (χ0v) is 22.2. The summed E-state index contributed by atoms with van der Waals surface area (Å²) in [6.07, 6.45) is 4.60. The molecule has 12 nitrogen and oxygen atoms in total. The summed E-state index contributed by atoms with van der Waals surface area (Å²) in [6, 6.07) is 9.20. The van der Waals surface area contributed by atoms with Crippen LogP contribution in [0.1, 0.15) is 0 Å². The minimum Gasteiger partial charge on any atom is -0.494 e. The summed E-state index contributed by atoms with van der Waals surface area (Å²) in [5.74, 6) is 1.77. The zero-order valence-electron chi connectivity index (χ0n) is 22.2. The average molecular weight is 517 g/mol. The third-order valence-corrected chi connectivity index (χ3v) is 5.84. The van der Waals surface area contributed by atoms with Gasteiger partial charge in [-0.2, -0.15) is 4.98 Å². The molecule has 4 aromatic rings. The van der Waals surface area contributed by atoms with Crippen molar-refractivity contribution in [3.63, 3.8) is 0 Å². The molecular weight excluding hydrogens is 484 g/mol. The molecule has 198 valence electrons. The Kier molecular flexibility index (Phi) is 8.02. The maximum atomic E-state index is 12.2. The highest BCUT2D eigenvalue weighted by Gasteiger charge is 2.17.